The van der Waals surface area contributed by atoms with E-state index in [9.17, 15) is 0 Å². The largest absolute Gasteiger partial charge is 0.317 e. The van der Waals surface area contributed by atoms with Gasteiger partial charge < -0.3 is 5.32 Å². The summed E-state index contributed by atoms with van der Waals surface area (Å²) in [5.41, 5.74) is 0.454. The summed E-state index contributed by atoms with van der Waals surface area (Å²) in [6, 6.07) is 0.714. The van der Waals surface area contributed by atoms with E-state index in [-0.39, 0.29) is 0 Å². The van der Waals surface area contributed by atoms with E-state index in [0.29, 0.717) is 11.5 Å². The second kappa shape index (κ2) is 9.04. The van der Waals surface area contributed by atoms with E-state index in [0.717, 1.165) is 0 Å². The van der Waals surface area contributed by atoms with Crippen LogP contribution in [0.3, 0.4) is 0 Å². The third-order valence-electron chi connectivity index (χ3n) is 3.17. The van der Waals surface area contributed by atoms with Gasteiger partial charge in [0.1, 0.15) is 0 Å². The van der Waals surface area contributed by atoms with Crippen LogP contribution in [0.15, 0.2) is 0 Å². The highest BCUT2D eigenvalue weighted by molar-refractivity contribution is 4.73. The first-order valence-corrected chi connectivity index (χ1v) is 7.17. The summed E-state index contributed by atoms with van der Waals surface area (Å²) in [6.07, 6.45) is 11.1. The quantitative estimate of drug-likeness (QED) is 0.560. The highest BCUT2D eigenvalue weighted by Crippen LogP contribution is 2.23. The van der Waals surface area contributed by atoms with Crippen LogP contribution in [-0.4, -0.2) is 13.1 Å². The molecule has 0 saturated heterocycles. The Morgan fingerprint density at radius 2 is 1.50 bits per heavy atom. The molecule has 16 heavy (non-hydrogen) atoms. The molecule has 0 aromatic heterocycles. The molecule has 0 aliphatic carbocycles. The van der Waals surface area contributed by atoms with Crippen molar-refractivity contribution in [2.75, 3.05) is 7.05 Å². The van der Waals surface area contributed by atoms with Crippen molar-refractivity contribution in [3.05, 3.63) is 0 Å². The minimum atomic E-state index is 0.454. The van der Waals surface area contributed by atoms with E-state index in [1.807, 2.05) is 0 Å². The van der Waals surface area contributed by atoms with Crippen molar-refractivity contribution in [3.8, 4) is 0 Å². The molecule has 0 bridgehead atoms. The normalized spacial score (nSPS) is 14.1. The second-order valence-corrected chi connectivity index (χ2v) is 6.31. The second-order valence-electron chi connectivity index (χ2n) is 6.31. The van der Waals surface area contributed by atoms with Gasteiger partial charge in [-0.2, -0.15) is 0 Å². The van der Waals surface area contributed by atoms with Gasteiger partial charge in [-0.05, 0) is 25.3 Å². The van der Waals surface area contributed by atoms with Crippen molar-refractivity contribution in [3.63, 3.8) is 0 Å². The third kappa shape index (κ3) is 10.5. The molecular weight excluding hydrogens is 194 g/mol. The van der Waals surface area contributed by atoms with Crippen LogP contribution >= 0.6 is 0 Å². The molecule has 0 radical (unpaired) electrons. The van der Waals surface area contributed by atoms with Crippen molar-refractivity contribution >= 4 is 0 Å². The summed E-state index contributed by atoms with van der Waals surface area (Å²) in [7, 11) is 2.10. The molecule has 1 heteroatoms. The molecule has 1 N–H and O–H groups in total. The molecule has 0 heterocycles. The standard InChI is InChI=1S/C15H33N/c1-6-7-8-9-10-11-12-14(16-5)13-15(2,3)4/h14,16H,6-13H2,1-5H3. The zero-order valence-corrected chi connectivity index (χ0v) is 12.2. The van der Waals surface area contributed by atoms with Crippen LogP contribution < -0.4 is 5.32 Å². The molecule has 1 unspecified atom stereocenters. The molecular formula is C15H33N. The number of hydrogen-bond acceptors (Lipinski definition) is 1. The minimum absolute atomic E-state index is 0.454. The van der Waals surface area contributed by atoms with Crippen LogP contribution in [0.5, 0.6) is 0 Å². The van der Waals surface area contributed by atoms with E-state index in [1.165, 1.54) is 51.4 Å². The van der Waals surface area contributed by atoms with E-state index < -0.39 is 0 Å². The summed E-state index contributed by atoms with van der Waals surface area (Å²) in [6.45, 7) is 9.27. The Morgan fingerprint density at radius 3 is 2.00 bits per heavy atom. The van der Waals surface area contributed by atoms with Gasteiger partial charge in [0.15, 0.2) is 0 Å². The lowest BCUT2D eigenvalue weighted by molar-refractivity contribution is 0.302. The maximum absolute atomic E-state index is 3.46. The zero-order valence-electron chi connectivity index (χ0n) is 12.2. The summed E-state index contributed by atoms with van der Waals surface area (Å²) in [5.74, 6) is 0. The lowest BCUT2D eigenvalue weighted by atomic mass is 9.86. The molecule has 0 spiro atoms. The summed E-state index contributed by atoms with van der Waals surface area (Å²) >= 11 is 0. The van der Waals surface area contributed by atoms with Gasteiger partial charge in [0.25, 0.3) is 0 Å². The van der Waals surface area contributed by atoms with Gasteiger partial charge in [-0.15, -0.1) is 0 Å². The Hall–Kier alpha value is -0.0400. The number of hydrogen-bond donors (Lipinski definition) is 1. The Bertz CT molecular complexity index is 146. The molecule has 1 nitrogen and oxygen atoms in total. The Kier molecular flexibility index (Phi) is 9.02. The minimum Gasteiger partial charge on any atom is -0.317 e. The molecule has 0 rings (SSSR count). The highest BCUT2D eigenvalue weighted by Gasteiger charge is 2.16. The van der Waals surface area contributed by atoms with Crippen molar-refractivity contribution in [2.24, 2.45) is 5.41 Å². The molecule has 0 aromatic carbocycles. The summed E-state index contributed by atoms with van der Waals surface area (Å²) < 4.78 is 0. The van der Waals surface area contributed by atoms with Gasteiger partial charge in [-0.1, -0.05) is 66.2 Å². The first kappa shape index (κ1) is 16.0. The average Bonchev–Trinajstić information content (AvgIpc) is 2.19. The third-order valence-corrected chi connectivity index (χ3v) is 3.17. The molecule has 98 valence electrons. The monoisotopic (exact) mass is 227 g/mol. The van der Waals surface area contributed by atoms with Crippen LogP contribution in [0.1, 0.15) is 79.1 Å². The Morgan fingerprint density at radius 1 is 0.938 bits per heavy atom. The fourth-order valence-electron chi connectivity index (χ4n) is 2.26. The van der Waals surface area contributed by atoms with Crippen molar-refractivity contribution in [1.29, 1.82) is 0 Å². The number of rotatable bonds is 9. The highest BCUT2D eigenvalue weighted by atomic mass is 14.9. The van der Waals surface area contributed by atoms with Gasteiger partial charge in [0.2, 0.25) is 0 Å². The van der Waals surface area contributed by atoms with Gasteiger partial charge >= 0.3 is 0 Å². The molecule has 0 aromatic rings. The molecule has 1 atom stereocenters. The average molecular weight is 227 g/mol. The van der Waals surface area contributed by atoms with Crippen LogP contribution in [0.2, 0.25) is 0 Å². The topological polar surface area (TPSA) is 12.0 Å². The van der Waals surface area contributed by atoms with Crippen LogP contribution in [0, 0.1) is 5.41 Å². The van der Waals surface area contributed by atoms with Crippen LogP contribution in [0.4, 0.5) is 0 Å². The van der Waals surface area contributed by atoms with Gasteiger partial charge in [-0.25, -0.2) is 0 Å². The van der Waals surface area contributed by atoms with Gasteiger partial charge in [0, 0.05) is 6.04 Å². The first-order chi connectivity index (χ1) is 7.49. The lowest BCUT2D eigenvalue weighted by Gasteiger charge is -2.25. The molecule has 0 aliphatic rings. The predicted octanol–water partition coefficient (Wildman–Crippen LogP) is 4.76. The Labute approximate surface area is 103 Å². The summed E-state index contributed by atoms with van der Waals surface area (Å²) in [5, 5.41) is 3.46. The first-order valence-electron chi connectivity index (χ1n) is 7.17. The van der Waals surface area contributed by atoms with Crippen molar-refractivity contribution in [1.82, 2.24) is 5.32 Å². The molecule has 0 amide bonds. The van der Waals surface area contributed by atoms with Crippen molar-refractivity contribution in [2.45, 2.75) is 85.1 Å². The van der Waals surface area contributed by atoms with E-state index >= 15 is 0 Å². The molecule has 0 aliphatic heterocycles. The molecule has 0 saturated carbocycles. The van der Waals surface area contributed by atoms with Crippen LogP contribution in [-0.2, 0) is 0 Å². The fourth-order valence-corrected chi connectivity index (χ4v) is 2.26. The van der Waals surface area contributed by atoms with E-state index in [1.54, 1.807) is 0 Å². The zero-order chi connectivity index (χ0) is 12.4. The number of unbranched alkanes of at least 4 members (excludes halogenated alkanes) is 5. The van der Waals surface area contributed by atoms with E-state index in [4.69, 9.17) is 0 Å². The SMILES string of the molecule is CCCCCCCCC(CC(C)(C)C)NC. The lowest BCUT2D eigenvalue weighted by Crippen LogP contribution is -2.29. The van der Waals surface area contributed by atoms with Gasteiger partial charge in [0.05, 0.1) is 0 Å². The van der Waals surface area contributed by atoms with E-state index in [2.05, 4.69) is 40.1 Å². The maximum atomic E-state index is 3.46. The smallest absolute Gasteiger partial charge is 0.00690 e. The number of nitrogens with one attached hydrogen (secondary N) is 1. The fraction of sp³-hybridized carbons (Fsp3) is 1.00. The van der Waals surface area contributed by atoms with Crippen molar-refractivity contribution < 1.29 is 0 Å². The predicted molar refractivity (Wildman–Crippen MR) is 74.9 cm³/mol. The molecule has 0 fully saturated rings. The Balaban J connectivity index is 3.48. The van der Waals surface area contributed by atoms with Gasteiger partial charge in [-0.3, -0.25) is 0 Å². The maximum Gasteiger partial charge on any atom is 0.00690 e. The summed E-state index contributed by atoms with van der Waals surface area (Å²) in [4.78, 5) is 0. The van der Waals surface area contributed by atoms with Crippen LogP contribution in [0.25, 0.3) is 0 Å².